The third-order valence-electron chi connectivity index (χ3n) is 10.5. The number of urea groups is 1. The Balaban J connectivity index is 1.22. The topological polar surface area (TPSA) is 192 Å². The van der Waals surface area contributed by atoms with Crippen LogP contribution in [0.3, 0.4) is 0 Å². The fourth-order valence-corrected chi connectivity index (χ4v) is 8.00. The summed E-state index contributed by atoms with van der Waals surface area (Å²) in [6, 6.07) is -1.08. The lowest BCUT2D eigenvalue weighted by molar-refractivity contribution is -0.158. The summed E-state index contributed by atoms with van der Waals surface area (Å²) in [7, 11) is 1.47. The molecule has 1 aromatic heterocycles. The normalized spacial score (nSPS) is 33.7. The van der Waals surface area contributed by atoms with Crippen molar-refractivity contribution in [3.8, 4) is 5.88 Å². The van der Waals surface area contributed by atoms with E-state index in [-0.39, 0.29) is 41.4 Å². The van der Waals surface area contributed by atoms with Crippen LogP contribution in [0.2, 0.25) is 0 Å². The van der Waals surface area contributed by atoms with Gasteiger partial charge in [-0.15, -0.1) is 0 Å². The van der Waals surface area contributed by atoms with Crippen molar-refractivity contribution in [1.82, 2.24) is 18.9 Å². The summed E-state index contributed by atoms with van der Waals surface area (Å²) in [5.41, 5.74) is 2.78. The van der Waals surface area contributed by atoms with Gasteiger partial charge in [0.25, 0.3) is 11.5 Å². The van der Waals surface area contributed by atoms with Crippen molar-refractivity contribution in [2.75, 3.05) is 7.05 Å². The molecule has 5 fully saturated rings. The summed E-state index contributed by atoms with van der Waals surface area (Å²) < 4.78 is 2.34. The Morgan fingerprint density at radius 2 is 1.68 bits per heavy atom. The van der Waals surface area contributed by atoms with Crippen molar-refractivity contribution >= 4 is 23.7 Å². The highest BCUT2D eigenvalue weighted by Crippen LogP contribution is 2.63. The first kappa shape index (κ1) is 26.6. The standard InChI is InChI=1S/C27H36N6O7/c1-30-23(38)27(33(24(30)39)17-9-15(10-17)22(36)37)12-26(13-27)7-5-16(6-8-26)32-21(35)18(19(28)29)20(34)31(25(32)40)11-14-3-2-4-14/h14-17,34H,2-13H2,1H3,(H3,28,29)(H,36,37). The van der Waals surface area contributed by atoms with Crippen LogP contribution in [-0.4, -0.2) is 71.5 Å². The van der Waals surface area contributed by atoms with Crippen molar-refractivity contribution in [3.63, 3.8) is 0 Å². The highest BCUT2D eigenvalue weighted by atomic mass is 16.4. The Hall–Kier alpha value is -3.64. The second kappa shape index (κ2) is 8.93. The van der Waals surface area contributed by atoms with Crippen LogP contribution in [0.5, 0.6) is 5.88 Å². The summed E-state index contributed by atoms with van der Waals surface area (Å²) in [6.45, 7) is 0.272. The van der Waals surface area contributed by atoms with E-state index in [1.165, 1.54) is 11.6 Å². The van der Waals surface area contributed by atoms with E-state index in [1.54, 1.807) is 4.90 Å². The Morgan fingerprint density at radius 1 is 1.05 bits per heavy atom. The fourth-order valence-electron chi connectivity index (χ4n) is 8.00. The molecule has 6 rings (SSSR count). The fraction of sp³-hybridized carbons (Fsp3) is 0.704. The maximum Gasteiger partial charge on any atom is 0.334 e. The zero-order valence-electron chi connectivity index (χ0n) is 22.6. The maximum atomic E-state index is 13.5. The van der Waals surface area contributed by atoms with Gasteiger partial charge in [-0.25, -0.2) is 9.59 Å². The van der Waals surface area contributed by atoms with E-state index in [1.807, 2.05) is 0 Å². The number of hydrogen-bond donors (Lipinski definition) is 4. The van der Waals surface area contributed by atoms with Crippen LogP contribution in [0.1, 0.15) is 82.2 Å². The first-order chi connectivity index (χ1) is 18.9. The zero-order valence-corrected chi connectivity index (χ0v) is 22.6. The van der Waals surface area contributed by atoms with Crippen LogP contribution in [-0.2, 0) is 16.1 Å². The molecule has 4 saturated carbocycles. The van der Waals surface area contributed by atoms with Crippen molar-refractivity contribution in [2.45, 2.75) is 94.8 Å². The minimum absolute atomic E-state index is 0.222. The highest BCUT2D eigenvalue weighted by Gasteiger charge is 2.69. The molecule has 216 valence electrons. The zero-order chi connectivity index (χ0) is 28.7. The van der Waals surface area contributed by atoms with E-state index in [2.05, 4.69) is 0 Å². The van der Waals surface area contributed by atoms with E-state index in [0.717, 1.165) is 28.7 Å². The number of nitrogens with zero attached hydrogens (tertiary/aromatic N) is 4. The molecule has 1 aromatic rings. The summed E-state index contributed by atoms with van der Waals surface area (Å²) in [4.78, 5) is 67.2. The van der Waals surface area contributed by atoms with Gasteiger partial charge in [0, 0.05) is 25.7 Å². The molecule has 0 bridgehead atoms. The molecule has 0 radical (unpaired) electrons. The molecule has 13 heteroatoms. The molecule has 13 nitrogen and oxygen atoms in total. The largest absolute Gasteiger partial charge is 0.494 e. The number of aromatic nitrogens is 2. The summed E-state index contributed by atoms with van der Waals surface area (Å²) in [5, 5.41) is 27.9. The van der Waals surface area contributed by atoms with Gasteiger partial charge in [0.05, 0.1) is 5.92 Å². The van der Waals surface area contributed by atoms with Crippen LogP contribution in [0.4, 0.5) is 4.79 Å². The Kier molecular flexibility index (Phi) is 5.94. The smallest absolute Gasteiger partial charge is 0.334 e. The molecular weight excluding hydrogens is 520 g/mol. The van der Waals surface area contributed by atoms with Crippen LogP contribution in [0.15, 0.2) is 9.59 Å². The summed E-state index contributed by atoms with van der Waals surface area (Å²) in [6.07, 6.45) is 6.83. The Bertz CT molecular complexity index is 1420. The number of hydrogen-bond acceptors (Lipinski definition) is 7. The van der Waals surface area contributed by atoms with Gasteiger partial charge in [0.15, 0.2) is 0 Å². The van der Waals surface area contributed by atoms with Gasteiger partial charge in [0.1, 0.15) is 16.9 Å². The Morgan fingerprint density at radius 3 is 2.20 bits per heavy atom. The molecule has 3 amide bonds. The number of nitrogens with two attached hydrogens (primary N) is 1. The number of nitrogens with one attached hydrogen (secondary N) is 1. The van der Waals surface area contributed by atoms with E-state index in [0.29, 0.717) is 51.4 Å². The molecule has 1 saturated heterocycles. The monoisotopic (exact) mass is 556 g/mol. The predicted octanol–water partition coefficient (Wildman–Crippen LogP) is 1.19. The number of nitrogen functional groups attached to an aromatic ring is 1. The number of likely N-dealkylation sites (N-methyl/N-ethyl adjacent to an activating group) is 1. The SMILES string of the molecule is CN1C(=O)N(C2CC(C(=O)O)C2)C2(CC3(CCC(n4c(=O)c(C(=N)N)c(O)n(CC5CCC5)c4=O)CC3)C2)C1=O. The number of carboxylic acid groups (broad SMARTS) is 1. The molecule has 0 aromatic carbocycles. The minimum Gasteiger partial charge on any atom is -0.494 e. The number of amidine groups is 1. The van der Waals surface area contributed by atoms with Gasteiger partial charge in [-0.3, -0.25) is 33.8 Å². The van der Waals surface area contributed by atoms with Crippen LogP contribution in [0.25, 0.3) is 0 Å². The van der Waals surface area contributed by atoms with Crippen LogP contribution >= 0.6 is 0 Å². The summed E-state index contributed by atoms with van der Waals surface area (Å²) >= 11 is 0. The van der Waals surface area contributed by atoms with Gasteiger partial charge in [-0.1, -0.05) is 6.42 Å². The summed E-state index contributed by atoms with van der Waals surface area (Å²) in [5.74, 6) is -2.54. The van der Waals surface area contributed by atoms with Gasteiger partial charge in [-0.05, 0) is 75.5 Å². The second-order valence-corrected chi connectivity index (χ2v) is 12.8. The number of aliphatic carboxylic acids is 1. The molecule has 5 aliphatic rings. The average molecular weight is 557 g/mol. The molecule has 4 aliphatic carbocycles. The van der Waals surface area contributed by atoms with Gasteiger partial charge in [-0.2, -0.15) is 0 Å². The van der Waals surface area contributed by atoms with E-state index in [4.69, 9.17) is 11.1 Å². The number of carbonyl (C=O) groups excluding carboxylic acids is 2. The number of amides is 3. The first-order valence-corrected chi connectivity index (χ1v) is 14.2. The van der Waals surface area contributed by atoms with Crippen molar-refractivity contribution in [3.05, 3.63) is 26.4 Å². The van der Waals surface area contributed by atoms with Crippen molar-refractivity contribution in [1.29, 1.82) is 5.41 Å². The lowest BCUT2D eigenvalue weighted by Crippen LogP contribution is -2.67. The van der Waals surface area contributed by atoms with Gasteiger partial charge in [0.2, 0.25) is 5.88 Å². The molecule has 2 spiro atoms. The molecule has 0 atom stereocenters. The van der Waals surface area contributed by atoms with Crippen molar-refractivity contribution in [2.24, 2.45) is 23.0 Å². The second-order valence-electron chi connectivity index (χ2n) is 12.8. The van der Waals surface area contributed by atoms with Crippen LogP contribution in [0, 0.1) is 22.7 Å². The predicted molar refractivity (Wildman–Crippen MR) is 141 cm³/mol. The van der Waals surface area contributed by atoms with Crippen LogP contribution < -0.4 is 17.0 Å². The number of aromatic hydroxyl groups is 1. The number of imide groups is 1. The number of carbonyl (C=O) groups is 3. The van der Waals surface area contributed by atoms with Gasteiger partial charge >= 0.3 is 17.7 Å². The Labute approximate surface area is 230 Å². The number of rotatable bonds is 6. The number of carboxylic acids is 1. The van der Waals surface area contributed by atoms with Gasteiger partial charge < -0.3 is 20.8 Å². The lowest BCUT2D eigenvalue weighted by Gasteiger charge is -2.60. The third kappa shape index (κ3) is 3.65. The first-order valence-electron chi connectivity index (χ1n) is 14.2. The highest BCUT2D eigenvalue weighted by molar-refractivity contribution is 6.07. The quantitative estimate of drug-likeness (QED) is 0.228. The lowest BCUT2D eigenvalue weighted by atomic mass is 9.50. The molecule has 5 N–H and O–H groups in total. The third-order valence-corrected chi connectivity index (χ3v) is 10.5. The van der Waals surface area contributed by atoms with E-state index >= 15 is 0 Å². The molecular formula is C27H36N6O7. The van der Waals surface area contributed by atoms with Crippen molar-refractivity contribution < 1.29 is 24.6 Å². The van der Waals surface area contributed by atoms with E-state index < -0.39 is 46.4 Å². The van der Waals surface area contributed by atoms with E-state index in [9.17, 15) is 34.2 Å². The molecule has 1 aliphatic heterocycles. The maximum absolute atomic E-state index is 13.5. The average Bonchev–Trinajstić information content (AvgIpc) is 2.99. The molecule has 0 unspecified atom stereocenters. The molecule has 2 heterocycles. The minimum atomic E-state index is -0.959. The molecule has 40 heavy (non-hydrogen) atoms.